The first kappa shape index (κ1) is 17.4. The molecule has 0 heterocycles. The fourth-order valence-electron chi connectivity index (χ4n) is 1.91. The van der Waals surface area contributed by atoms with Crippen molar-refractivity contribution in [3.05, 3.63) is 72.8 Å². The number of carbonyl (C=O) groups excluding carboxylic acids is 1. The molecule has 0 atom stereocenters. The van der Waals surface area contributed by atoms with Crippen molar-refractivity contribution in [2.75, 3.05) is 6.61 Å². The van der Waals surface area contributed by atoms with E-state index in [0.29, 0.717) is 11.3 Å². The third-order valence-corrected chi connectivity index (χ3v) is 3.10. The van der Waals surface area contributed by atoms with Gasteiger partial charge in [-0.3, -0.25) is 0 Å². The highest BCUT2D eigenvalue weighted by Gasteiger charge is 2.13. The molecule has 124 valence electrons. The molecule has 0 saturated heterocycles. The van der Waals surface area contributed by atoms with E-state index in [1.165, 1.54) is 31.2 Å². The van der Waals surface area contributed by atoms with Crippen molar-refractivity contribution in [3.8, 4) is 22.6 Å². The summed E-state index contributed by atoms with van der Waals surface area (Å²) in [4.78, 5) is 11.4. The van der Waals surface area contributed by atoms with E-state index in [1.54, 1.807) is 12.1 Å². The first-order valence-electron chi connectivity index (χ1n) is 7.13. The number of rotatable bonds is 6. The summed E-state index contributed by atoms with van der Waals surface area (Å²) in [6, 6.07) is 8.12. The van der Waals surface area contributed by atoms with E-state index in [9.17, 15) is 13.6 Å². The summed E-state index contributed by atoms with van der Waals surface area (Å²) < 4.78 is 38.4. The lowest BCUT2D eigenvalue weighted by molar-refractivity contribution is -0.130. The van der Waals surface area contributed by atoms with E-state index in [4.69, 9.17) is 9.47 Å². The molecule has 0 aliphatic carbocycles. The summed E-state index contributed by atoms with van der Waals surface area (Å²) >= 11 is 0. The predicted octanol–water partition coefficient (Wildman–Crippen LogP) is 4.68. The Bertz CT molecular complexity index is 797. The maximum Gasteiger partial charge on any atom is 0.338 e. The molecule has 0 bridgehead atoms. The fourth-order valence-corrected chi connectivity index (χ4v) is 1.91. The van der Waals surface area contributed by atoms with Crippen LogP contribution in [0.25, 0.3) is 11.1 Å². The molecule has 0 fully saturated rings. The molecule has 3 nitrogen and oxygen atoms in total. The van der Waals surface area contributed by atoms with Gasteiger partial charge in [-0.1, -0.05) is 25.3 Å². The van der Waals surface area contributed by atoms with Crippen LogP contribution < -0.4 is 9.47 Å². The molecule has 0 aliphatic heterocycles. The first-order chi connectivity index (χ1) is 11.4. The van der Waals surface area contributed by atoms with Crippen LogP contribution in [-0.4, -0.2) is 12.6 Å². The van der Waals surface area contributed by atoms with Gasteiger partial charge < -0.3 is 9.47 Å². The minimum Gasteiger partial charge on any atom is -0.489 e. The van der Waals surface area contributed by atoms with Crippen molar-refractivity contribution in [3.63, 3.8) is 0 Å². The number of hydrogen-bond donors (Lipinski definition) is 0. The molecule has 0 spiro atoms. The van der Waals surface area contributed by atoms with Crippen LogP contribution in [0.15, 0.2) is 61.2 Å². The second-order valence-electron chi connectivity index (χ2n) is 5.06. The van der Waals surface area contributed by atoms with Gasteiger partial charge in [0, 0.05) is 17.2 Å². The highest BCUT2D eigenvalue weighted by Crippen LogP contribution is 2.30. The molecule has 0 aliphatic rings. The average molecular weight is 330 g/mol. The Morgan fingerprint density at radius 2 is 1.92 bits per heavy atom. The minimum absolute atomic E-state index is 0.152. The highest BCUT2D eigenvalue weighted by atomic mass is 19.1. The van der Waals surface area contributed by atoms with Crippen molar-refractivity contribution in [1.82, 2.24) is 0 Å². The van der Waals surface area contributed by atoms with Gasteiger partial charge in [-0.15, -0.1) is 0 Å². The van der Waals surface area contributed by atoms with E-state index in [1.807, 2.05) is 0 Å². The molecular weight excluding hydrogens is 314 g/mol. The van der Waals surface area contributed by atoms with Crippen molar-refractivity contribution < 1.29 is 23.0 Å². The second kappa shape index (κ2) is 7.55. The van der Waals surface area contributed by atoms with E-state index in [2.05, 4.69) is 13.2 Å². The van der Waals surface area contributed by atoms with Crippen LogP contribution in [0.1, 0.15) is 6.92 Å². The molecule has 5 heteroatoms. The lowest BCUT2D eigenvalue weighted by Gasteiger charge is -2.09. The Hall–Kier alpha value is -2.95. The molecule has 0 unspecified atom stereocenters. The zero-order chi connectivity index (χ0) is 17.7. The van der Waals surface area contributed by atoms with Gasteiger partial charge in [0.25, 0.3) is 0 Å². The van der Waals surface area contributed by atoms with Crippen LogP contribution in [0.3, 0.4) is 0 Å². The molecule has 0 N–H and O–H groups in total. The largest absolute Gasteiger partial charge is 0.489 e. The van der Waals surface area contributed by atoms with E-state index in [-0.39, 0.29) is 23.5 Å². The summed E-state index contributed by atoms with van der Waals surface area (Å²) in [6.45, 7) is 8.65. The van der Waals surface area contributed by atoms with E-state index >= 15 is 0 Å². The van der Waals surface area contributed by atoms with Gasteiger partial charge in [-0.05, 0) is 36.8 Å². The summed E-state index contributed by atoms with van der Waals surface area (Å²) in [5.74, 6) is -1.94. The fraction of sp³-hybridized carbons (Fsp3) is 0.105. The number of esters is 1. The van der Waals surface area contributed by atoms with Crippen LogP contribution in [0.4, 0.5) is 8.78 Å². The van der Waals surface area contributed by atoms with Crippen LogP contribution in [0, 0.1) is 11.6 Å². The summed E-state index contributed by atoms with van der Waals surface area (Å²) in [6.07, 6.45) is 1.55. The summed E-state index contributed by atoms with van der Waals surface area (Å²) in [7, 11) is 0. The van der Waals surface area contributed by atoms with Crippen LogP contribution in [0.2, 0.25) is 0 Å². The number of benzene rings is 2. The molecule has 0 radical (unpaired) electrons. The molecular formula is C19H16F2O3. The molecule has 0 saturated carbocycles. The van der Waals surface area contributed by atoms with Gasteiger partial charge in [0.15, 0.2) is 11.6 Å². The quantitative estimate of drug-likeness (QED) is 0.334. The Balaban J connectivity index is 2.26. The average Bonchev–Trinajstić information content (AvgIpc) is 2.54. The van der Waals surface area contributed by atoms with Crippen LogP contribution >= 0.6 is 0 Å². The number of halogens is 2. The Morgan fingerprint density at radius 1 is 1.17 bits per heavy atom. The zero-order valence-electron chi connectivity index (χ0n) is 13.1. The van der Waals surface area contributed by atoms with Gasteiger partial charge in [-0.2, -0.15) is 0 Å². The monoisotopic (exact) mass is 330 g/mol. The maximum atomic E-state index is 14.2. The maximum absolute atomic E-state index is 14.2. The van der Waals surface area contributed by atoms with Crippen molar-refractivity contribution in [2.24, 2.45) is 0 Å². The van der Waals surface area contributed by atoms with Crippen LogP contribution in [-0.2, 0) is 4.79 Å². The van der Waals surface area contributed by atoms with Gasteiger partial charge in [0.2, 0.25) is 0 Å². The normalized spacial score (nSPS) is 10.1. The zero-order valence-corrected chi connectivity index (χ0v) is 13.1. The van der Waals surface area contributed by atoms with Gasteiger partial charge in [0.1, 0.15) is 18.2 Å². The lowest BCUT2D eigenvalue weighted by atomic mass is 10.0. The molecule has 2 rings (SSSR count). The van der Waals surface area contributed by atoms with E-state index in [0.717, 1.165) is 6.07 Å². The smallest absolute Gasteiger partial charge is 0.338 e. The molecule has 2 aromatic rings. The predicted molar refractivity (Wildman–Crippen MR) is 87.9 cm³/mol. The SMILES string of the molecule is C=CCOc1ccc(-c2ccc(OC(=O)C(=C)C)c(F)c2)c(F)c1. The third kappa shape index (κ3) is 4.07. The van der Waals surface area contributed by atoms with Crippen LogP contribution in [0.5, 0.6) is 11.5 Å². The molecule has 0 aromatic heterocycles. The molecule has 24 heavy (non-hydrogen) atoms. The Labute approximate surface area is 138 Å². The van der Waals surface area contributed by atoms with Gasteiger partial charge >= 0.3 is 5.97 Å². The minimum atomic E-state index is -0.770. The second-order valence-corrected chi connectivity index (χ2v) is 5.06. The van der Waals surface area contributed by atoms with Crippen molar-refractivity contribution in [1.29, 1.82) is 0 Å². The van der Waals surface area contributed by atoms with Gasteiger partial charge in [0.05, 0.1) is 0 Å². The van der Waals surface area contributed by atoms with Crippen molar-refractivity contribution >= 4 is 5.97 Å². The Morgan fingerprint density at radius 3 is 2.50 bits per heavy atom. The molecule has 2 aromatic carbocycles. The Kier molecular flexibility index (Phi) is 5.47. The number of carbonyl (C=O) groups is 1. The van der Waals surface area contributed by atoms with E-state index < -0.39 is 17.6 Å². The summed E-state index contributed by atoms with van der Waals surface area (Å²) in [5, 5.41) is 0. The topological polar surface area (TPSA) is 35.5 Å². The summed E-state index contributed by atoms with van der Waals surface area (Å²) in [5.41, 5.74) is 0.674. The number of ether oxygens (including phenoxy) is 2. The molecule has 0 amide bonds. The number of hydrogen-bond acceptors (Lipinski definition) is 3. The van der Waals surface area contributed by atoms with Gasteiger partial charge in [-0.25, -0.2) is 13.6 Å². The third-order valence-electron chi connectivity index (χ3n) is 3.10. The highest BCUT2D eigenvalue weighted by molar-refractivity contribution is 5.88. The standard InChI is InChI=1S/C19H16F2O3/c1-4-9-23-14-6-7-15(16(20)11-14)13-5-8-18(17(21)10-13)24-19(22)12(2)3/h4-8,10-11H,1-2,9H2,3H3. The lowest BCUT2D eigenvalue weighted by Crippen LogP contribution is -2.09. The van der Waals surface area contributed by atoms with Crippen molar-refractivity contribution in [2.45, 2.75) is 6.92 Å². The first-order valence-corrected chi connectivity index (χ1v) is 7.13.